The topological polar surface area (TPSA) is 27.7 Å². The molecular formula is C18H22O3. The molecule has 2 rings (SSSR count). The minimum atomic E-state index is 0.685. The van der Waals surface area contributed by atoms with E-state index < -0.39 is 0 Å². The second kappa shape index (κ2) is 9.83. The highest BCUT2D eigenvalue weighted by Crippen LogP contribution is 2.09. The van der Waals surface area contributed by atoms with Crippen molar-refractivity contribution < 1.29 is 14.2 Å². The summed E-state index contributed by atoms with van der Waals surface area (Å²) < 4.78 is 16.7. The van der Waals surface area contributed by atoms with Crippen LogP contribution in [0.4, 0.5) is 0 Å². The van der Waals surface area contributed by atoms with Crippen molar-refractivity contribution >= 4 is 0 Å². The average molecular weight is 286 g/mol. The first-order valence-electron chi connectivity index (χ1n) is 7.38. The van der Waals surface area contributed by atoms with Crippen molar-refractivity contribution in [2.75, 3.05) is 26.4 Å². The fourth-order valence-electron chi connectivity index (χ4n) is 1.84. The van der Waals surface area contributed by atoms with Crippen LogP contribution in [0.25, 0.3) is 0 Å². The molecule has 0 unspecified atom stereocenters. The lowest BCUT2D eigenvalue weighted by molar-refractivity contribution is 0.107. The van der Waals surface area contributed by atoms with Gasteiger partial charge in [-0.15, -0.1) is 0 Å². The van der Waals surface area contributed by atoms with Crippen LogP contribution in [0, 0.1) is 0 Å². The Labute approximate surface area is 126 Å². The second-order valence-corrected chi connectivity index (χ2v) is 4.64. The number of ether oxygens (including phenoxy) is 3. The van der Waals surface area contributed by atoms with Gasteiger partial charge in [-0.3, -0.25) is 0 Å². The zero-order chi connectivity index (χ0) is 14.6. The van der Waals surface area contributed by atoms with Crippen molar-refractivity contribution in [3.8, 4) is 11.5 Å². The molecule has 0 radical (unpaired) electrons. The molecule has 0 aliphatic rings. The Morgan fingerprint density at radius 2 is 0.952 bits per heavy atom. The molecule has 0 aromatic heterocycles. The first-order valence-corrected chi connectivity index (χ1v) is 7.38. The van der Waals surface area contributed by atoms with Gasteiger partial charge in [0.15, 0.2) is 0 Å². The monoisotopic (exact) mass is 286 g/mol. The number of hydrogen-bond donors (Lipinski definition) is 0. The van der Waals surface area contributed by atoms with E-state index in [1.54, 1.807) is 0 Å². The Hall–Kier alpha value is -2.00. The third kappa shape index (κ3) is 6.82. The lowest BCUT2D eigenvalue weighted by atomic mass is 10.3. The van der Waals surface area contributed by atoms with Crippen molar-refractivity contribution in [3.63, 3.8) is 0 Å². The van der Waals surface area contributed by atoms with Gasteiger partial charge in [0.2, 0.25) is 0 Å². The molecule has 3 nitrogen and oxygen atoms in total. The zero-order valence-electron chi connectivity index (χ0n) is 12.2. The van der Waals surface area contributed by atoms with Crippen molar-refractivity contribution in [1.82, 2.24) is 0 Å². The molecule has 0 saturated carbocycles. The van der Waals surface area contributed by atoms with Crippen LogP contribution in [0.15, 0.2) is 60.7 Å². The van der Waals surface area contributed by atoms with E-state index in [9.17, 15) is 0 Å². The third-order valence-corrected chi connectivity index (χ3v) is 2.89. The maximum Gasteiger partial charge on any atom is 0.119 e. The summed E-state index contributed by atoms with van der Waals surface area (Å²) in [5, 5.41) is 0. The molecule has 0 spiro atoms. The molecular weight excluding hydrogens is 264 g/mol. The molecule has 0 N–H and O–H groups in total. The molecule has 0 atom stereocenters. The van der Waals surface area contributed by atoms with Gasteiger partial charge in [-0.05, 0) is 24.3 Å². The summed E-state index contributed by atoms with van der Waals surface area (Å²) in [6, 6.07) is 19.7. The Morgan fingerprint density at radius 3 is 1.38 bits per heavy atom. The zero-order valence-corrected chi connectivity index (χ0v) is 12.2. The summed E-state index contributed by atoms with van der Waals surface area (Å²) in [4.78, 5) is 0. The molecule has 112 valence electrons. The van der Waals surface area contributed by atoms with Crippen LogP contribution in [0.5, 0.6) is 11.5 Å². The Kier molecular flexibility index (Phi) is 7.21. The summed E-state index contributed by atoms with van der Waals surface area (Å²) in [7, 11) is 0. The van der Waals surface area contributed by atoms with Gasteiger partial charge in [0.05, 0.1) is 13.2 Å². The van der Waals surface area contributed by atoms with Crippen molar-refractivity contribution in [3.05, 3.63) is 60.7 Å². The van der Waals surface area contributed by atoms with Crippen LogP contribution in [0.2, 0.25) is 0 Å². The van der Waals surface area contributed by atoms with Gasteiger partial charge in [0.25, 0.3) is 0 Å². The van der Waals surface area contributed by atoms with E-state index in [2.05, 4.69) is 0 Å². The molecule has 2 aromatic carbocycles. The minimum absolute atomic E-state index is 0.685. The average Bonchev–Trinajstić information content (AvgIpc) is 2.55. The standard InChI is InChI=1S/C18H22O3/c1-3-9-17(10-4-1)20-15-7-13-19-14-8-16-21-18-11-5-2-6-12-18/h1-6,9-12H,7-8,13-16H2. The molecule has 0 aliphatic heterocycles. The molecule has 21 heavy (non-hydrogen) atoms. The van der Waals surface area contributed by atoms with Crippen molar-refractivity contribution in [2.45, 2.75) is 12.8 Å². The quantitative estimate of drug-likeness (QED) is 0.619. The summed E-state index contributed by atoms with van der Waals surface area (Å²) in [6.07, 6.45) is 1.79. The predicted octanol–water partition coefficient (Wildman–Crippen LogP) is 3.94. The molecule has 0 fully saturated rings. The first-order chi connectivity index (χ1) is 10.4. The molecule has 0 amide bonds. The van der Waals surface area contributed by atoms with Crippen LogP contribution in [0.3, 0.4) is 0 Å². The maximum atomic E-state index is 5.59. The Balaban J connectivity index is 1.40. The van der Waals surface area contributed by atoms with Gasteiger partial charge < -0.3 is 14.2 Å². The molecule has 0 heterocycles. The third-order valence-electron chi connectivity index (χ3n) is 2.89. The van der Waals surface area contributed by atoms with Gasteiger partial charge in [-0.1, -0.05) is 36.4 Å². The van der Waals surface area contributed by atoms with Crippen LogP contribution in [0.1, 0.15) is 12.8 Å². The highest BCUT2D eigenvalue weighted by Gasteiger charge is 1.94. The lowest BCUT2D eigenvalue weighted by Crippen LogP contribution is -2.06. The second-order valence-electron chi connectivity index (χ2n) is 4.64. The van der Waals surface area contributed by atoms with E-state index >= 15 is 0 Å². The van der Waals surface area contributed by atoms with E-state index in [1.807, 2.05) is 60.7 Å². The van der Waals surface area contributed by atoms with Crippen LogP contribution < -0.4 is 9.47 Å². The maximum absolute atomic E-state index is 5.59. The van der Waals surface area contributed by atoms with Gasteiger partial charge in [-0.2, -0.15) is 0 Å². The Morgan fingerprint density at radius 1 is 0.524 bits per heavy atom. The predicted molar refractivity (Wildman–Crippen MR) is 83.9 cm³/mol. The Bertz CT molecular complexity index is 425. The van der Waals surface area contributed by atoms with Gasteiger partial charge >= 0.3 is 0 Å². The number of rotatable bonds is 10. The van der Waals surface area contributed by atoms with E-state index in [1.165, 1.54) is 0 Å². The van der Waals surface area contributed by atoms with Crippen molar-refractivity contribution in [2.24, 2.45) is 0 Å². The van der Waals surface area contributed by atoms with E-state index in [0.29, 0.717) is 13.2 Å². The van der Waals surface area contributed by atoms with E-state index in [0.717, 1.165) is 37.6 Å². The minimum Gasteiger partial charge on any atom is -0.494 e. The van der Waals surface area contributed by atoms with Gasteiger partial charge in [0.1, 0.15) is 11.5 Å². The van der Waals surface area contributed by atoms with E-state index in [-0.39, 0.29) is 0 Å². The fourth-order valence-corrected chi connectivity index (χ4v) is 1.84. The summed E-state index contributed by atoms with van der Waals surface area (Å²) in [6.45, 7) is 2.81. The molecule has 0 saturated heterocycles. The summed E-state index contributed by atoms with van der Waals surface area (Å²) in [5.41, 5.74) is 0. The molecule has 0 bridgehead atoms. The van der Waals surface area contributed by atoms with Crippen LogP contribution in [-0.2, 0) is 4.74 Å². The summed E-state index contributed by atoms with van der Waals surface area (Å²) in [5.74, 6) is 1.82. The summed E-state index contributed by atoms with van der Waals surface area (Å²) >= 11 is 0. The smallest absolute Gasteiger partial charge is 0.119 e. The number of hydrogen-bond acceptors (Lipinski definition) is 3. The number of benzene rings is 2. The number of para-hydroxylation sites is 2. The largest absolute Gasteiger partial charge is 0.494 e. The normalized spacial score (nSPS) is 10.3. The SMILES string of the molecule is c1ccc(OCCCOCCCOc2ccccc2)cc1. The fraction of sp³-hybridized carbons (Fsp3) is 0.333. The van der Waals surface area contributed by atoms with Crippen molar-refractivity contribution in [1.29, 1.82) is 0 Å². The van der Waals surface area contributed by atoms with Gasteiger partial charge in [-0.25, -0.2) is 0 Å². The highest BCUT2D eigenvalue weighted by atomic mass is 16.5. The van der Waals surface area contributed by atoms with Gasteiger partial charge in [0, 0.05) is 26.1 Å². The first kappa shape index (κ1) is 15.4. The molecule has 2 aromatic rings. The van der Waals surface area contributed by atoms with Crippen LogP contribution >= 0.6 is 0 Å². The van der Waals surface area contributed by atoms with E-state index in [4.69, 9.17) is 14.2 Å². The highest BCUT2D eigenvalue weighted by molar-refractivity contribution is 5.21. The molecule has 3 heteroatoms. The van der Waals surface area contributed by atoms with Crippen LogP contribution in [-0.4, -0.2) is 26.4 Å². The molecule has 0 aliphatic carbocycles. The lowest BCUT2D eigenvalue weighted by Gasteiger charge is -2.08.